The number of ether oxygens (including phenoxy) is 2. The zero-order chi connectivity index (χ0) is 21.3. The lowest BCUT2D eigenvalue weighted by Crippen LogP contribution is -2.30. The first kappa shape index (κ1) is 19.4. The van der Waals surface area contributed by atoms with Crippen molar-refractivity contribution in [3.05, 3.63) is 77.2 Å². The fraction of sp³-hybridized carbons (Fsp3) is 0.130. The van der Waals surface area contributed by atoms with E-state index in [-0.39, 0.29) is 17.8 Å². The number of methoxy groups -OCH3 is 2. The SMILES string of the molecule is COc1ccc2ccc(OC)c(/C=C3/NC(=O)N(Cc4ccccc4F)C3=O)c2c1. The first-order valence-electron chi connectivity index (χ1n) is 9.24. The van der Waals surface area contributed by atoms with Crippen molar-refractivity contribution in [2.24, 2.45) is 0 Å². The molecule has 3 aromatic carbocycles. The van der Waals surface area contributed by atoms with E-state index >= 15 is 0 Å². The molecule has 0 radical (unpaired) electrons. The van der Waals surface area contributed by atoms with Gasteiger partial charge in [-0.05, 0) is 41.1 Å². The van der Waals surface area contributed by atoms with Crippen LogP contribution in [-0.4, -0.2) is 31.1 Å². The fourth-order valence-electron chi connectivity index (χ4n) is 3.41. The van der Waals surface area contributed by atoms with Crippen LogP contribution in [0.25, 0.3) is 16.8 Å². The van der Waals surface area contributed by atoms with Crippen molar-refractivity contribution >= 4 is 28.8 Å². The Morgan fingerprint density at radius 2 is 1.80 bits per heavy atom. The highest BCUT2D eigenvalue weighted by Crippen LogP contribution is 2.33. The molecular formula is C23H19FN2O4. The van der Waals surface area contributed by atoms with E-state index in [2.05, 4.69) is 5.32 Å². The molecule has 6 nitrogen and oxygen atoms in total. The second-order valence-electron chi connectivity index (χ2n) is 6.74. The van der Waals surface area contributed by atoms with Gasteiger partial charge in [-0.1, -0.05) is 30.3 Å². The number of amides is 3. The van der Waals surface area contributed by atoms with Crippen LogP contribution in [0, 0.1) is 5.82 Å². The monoisotopic (exact) mass is 406 g/mol. The maximum Gasteiger partial charge on any atom is 0.329 e. The molecular weight excluding hydrogens is 387 g/mol. The number of benzene rings is 3. The second-order valence-corrected chi connectivity index (χ2v) is 6.74. The molecule has 30 heavy (non-hydrogen) atoms. The summed E-state index contributed by atoms with van der Waals surface area (Å²) in [6.07, 6.45) is 1.57. The summed E-state index contributed by atoms with van der Waals surface area (Å²) >= 11 is 0. The van der Waals surface area contributed by atoms with Crippen LogP contribution >= 0.6 is 0 Å². The van der Waals surface area contributed by atoms with Crippen molar-refractivity contribution < 1.29 is 23.5 Å². The molecule has 1 fully saturated rings. The number of imide groups is 1. The van der Waals surface area contributed by atoms with Crippen LogP contribution in [0.15, 0.2) is 60.3 Å². The predicted octanol–water partition coefficient (Wildman–Crippen LogP) is 4.09. The molecule has 3 amide bonds. The highest BCUT2D eigenvalue weighted by Gasteiger charge is 2.34. The first-order chi connectivity index (χ1) is 14.5. The maximum atomic E-state index is 14.0. The van der Waals surface area contributed by atoms with E-state index in [1.54, 1.807) is 31.4 Å². The van der Waals surface area contributed by atoms with Gasteiger partial charge in [-0.25, -0.2) is 9.18 Å². The predicted molar refractivity (Wildman–Crippen MR) is 111 cm³/mol. The number of urea groups is 1. The Morgan fingerprint density at radius 3 is 2.53 bits per heavy atom. The number of carbonyl (C=O) groups excluding carboxylic acids is 2. The van der Waals surface area contributed by atoms with Gasteiger partial charge in [0.05, 0.1) is 20.8 Å². The second kappa shape index (κ2) is 7.87. The number of hydrogen-bond acceptors (Lipinski definition) is 4. The highest BCUT2D eigenvalue weighted by molar-refractivity contribution is 6.14. The Kier molecular flexibility index (Phi) is 5.10. The number of nitrogens with zero attached hydrogens (tertiary/aromatic N) is 1. The number of nitrogens with one attached hydrogen (secondary N) is 1. The molecule has 0 aliphatic carbocycles. The minimum absolute atomic E-state index is 0.0879. The average molecular weight is 406 g/mol. The summed E-state index contributed by atoms with van der Waals surface area (Å²) in [6, 6.07) is 14.7. The van der Waals surface area contributed by atoms with Crippen LogP contribution in [0.4, 0.5) is 9.18 Å². The highest BCUT2D eigenvalue weighted by atomic mass is 19.1. The third kappa shape index (κ3) is 3.45. The van der Waals surface area contributed by atoms with Gasteiger partial charge in [0, 0.05) is 11.1 Å². The van der Waals surface area contributed by atoms with Crippen LogP contribution in [0.2, 0.25) is 0 Å². The normalized spacial score (nSPS) is 15.0. The van der Waals surface area contributed by atoms with Crippen LogP contribution in [0.1, 0.15) is 11.1 Å². The lowest BCUT2D eigenvalue weighted by Gasteiger charge is -2.12. The summed E-state index contributed by atoms with van der Waals surface area (Å²) in [4.78, 5) is 26.3. The van der Waals surface area contributed by atoms with Gasteiger partial charge in [0.1, 0.15) is 23.0 Å². The summed E-state index contributed by atoms with van der Waals surface area (Å²) in [6.45, 7) is -0.158. The number of rotatable bonds is 5. The summed E-state index contributed by atoms with van der Waals surface area (Å²) in [5, 5.41) is 4.30. The van der Waals surface area contributed by atoms with E-state index < -0.39 is 17.8 Å². The maximum absolute atomic E-state index is 14.0. The van der Waals surface area contributed by atoms with Gasteiger partial charge >= 0.3 is 6.03 Å². The van der Waals surface area contributed by atoms with E-state index in [4.69, 9.17) is 9.47 Å². The Balaban J connectivity index is 1.75. The quantitative estimate of drug-likeness (QED) is 0.512. The molecule has 0 aromatic heterocycles. The first-order valence-corrected chi connectivity index (χ1v) is 9.24. The number of hydrogen-bond donors (Lipinski definition) is 1. The average Bonchev–Trinajstić information content (AvgIpc) is 3.02. The summed E-state index contributed by atoms with van der Waals surface area (Å²) in [7, 11) is 3.10. The fourth-order valence-corrected chi connectivity index (χ4v) is 3.41. The van der Waals surface area contributed by atoms with Gasteiger partial charge in [0.25, 0.3) is 5.91 Å². The van der Waals surface area contributed by atoms with E-state index in [0.717, 1.165) is 15.7 Å². The lowest BCUT2D eigenvalue weighted by atomic mass is 10.0. The van der Waals surface area contributed by atoms with Crippen molar-refractivity contribution in [2.45, 2.75) is 6.54 Å². The molecule has 7 heteroatoms. The zero-order valence-corrected chi connectivity index (χ0v) is 16.4. The van der Waals surface area contributed by atoms with Crippen LogP contribution in [0.3, 0.4) is 0 Å². The van der Waals surface area contributed by atoms with Gasteiger partial charge in [-0.3, -0.25) is 9.69 Å². The largest absolute Gasteiger partial charge is 0.497 e. The smallest absolute Gasteiger partial charge is 0.329 e. The minimum Gasteiger partial charge on any atom is -0.497 e. The molecule has 0 saturated carbocycles. The van der Waals surface area contributed by atoms with Gasteiger partial charge in [0.15, 0.2) is 0 Å². The molecule has 4 rings (SSSR count). The van der Waals surface area contributed by atoms with Gasteiger partial charge < -0.3 is 14.8 Å². The Labute approximate surface area is 172 Å². The Hall–Kier alpha value is -3.87. The van der Waals surface area contributed by atoms with Gasteiger partial charge in [0.2, 0.25) is 0 Å². The summed E-state index contributed by atoms with van der Waals surface area (Å²) in [5.41, 5.74) is 0.977. The topological polar surface area (TPSA) is 67.9 Å². The van der Waals surface area contributed by atoms with Crippen molar-refractivity contribution in [2.75, 3.05) is 14.2 Å². The molecule has 0 bridgehead atoms. The minimum atomic E-state index is -0.605. The Bertz CT molecular complexity index is 1180. The summed E-state index contributed by atoms with van der Waals surface area (Å²) in [5.74, 6) is 0.180. The molecule has 152 valence electrons. The molecule has 1 aliphatic rings. The zero-order valence-electron chi connectivity index (χ0n) is 16.4. The molecule has 1 heterocycles. The van der Waals surface area contributed by atoms with E-state index in [1.807, 2.05) is 24.3 Å². The van der Waals surface area contributed by atoms with Crippen LogP contribution < -0.4 is 14.8 Å². The van der Waals surface area contributed by atoms with E-state index in [0.29, 0.717) is 17.1 Å². The van der Waals surface area contributed by atoms with Crippen LogP contribution in [0.5, 0.6) is 11.5 Å². The number of halogens is 1. The van der Waals surface area contributed by atoms with E-state index in [9.17, 15) is 14.0 Å². The molecule has 3 aromatic rings. The Morgan fingerprint density at radius 1 is 1.03 bits per heavy atom. The number of fused-ring (bicyclic) bond motifs is 1. The third-order valence-corrected chi connectivity index (χ3v) is 4.99. The van der Waals surface area contributed by atoms with Crippen molar-refractivity contribution in [1.82, 2.24) is 10.2 Å². The molecule has 1 aliphatic heterocycles. The van der Waals surface area contributed by atoms with Gasteiger partial charge in [-0.2, -0.15) is 0 Å². The molecule has 1 saturated heterocycles. The standard InChI is InChI=1S/C23H19FN2O4/c1-29-16-9-7-14-8-10-21(30-2)18(17(14)11-16)12-20-22(27)26(23(28)25-20)13-15-5-3-4-6-19(15)24/h3-12H,13H2,1-2H3,(H,25,28)/b20-12+. The van der Waals surface area contributed by atoms with Crippen molar-refractivity contribution in [1.29, 1.82) is 0 Å². The third-order valence-electron chi connectivity index (χ3n) is 4.99. The summed E-state index contributed by atoms with van der Waals surface area (Å²) < 4.78 is 24.7. The molecule has 0 spiro atoms. The lowest BCUT2D eigenvalue weighted by molar-refractivity contribution is -0.123. The molecule has 0 unspecified atom stereocenters. The molecule has 1 N–H and O–H groups in total. The van der Waals surface area contributed by atoms with Crippen molar-refractivity contribution in [3.63, 3.8) is 0 Å². The number of carbonyl (C=O) groups is 2. The van der Waals surface area contributed by atoms with Crippen LogP contribution in [-0.2, 0) is 11.3 Å². The van der Waals surface area contributed by atoms with Crippen molar-refractivity contribution in [3.8, 4) is 11.5 Å². The van der Waals surface area contributed by atoms with E-state index in [1.165, 1.54) is 19.2 Å². The van der Waals surface area contributed by atoms with Gasteiger partial charge in [-0.15, -0.1) is 0 Å². The molecule has 0 atom stereocenters.